The summed E-state index contributed by atoms with van der Waals surface area (Å²) in [4.78, 5) is 0. The van der Waals surface area contributed by atoms with E-state index in [0.29, 0.717) is 6.42 Å². The van der Waals surface area contributed by atoms with E-state index in [9.17, 15) is 5.11 Å². The standard InChI is InChI=1S/C9H20O2/c1-3-4-5-9(11)8(2)6-7-10/h8-11H,3-7H2,1-2H3/t8-,9-/m0/s1. The molecule has 2 N–H and O–H groups in total. The Labute approximate surface area is 69.2 Å². The van der Waals surface area contributed by atoms with Gasteiger partial charge in [-0.15, -0.1) is 0 Å². The van der Waals surface area contributed by atoms with Gasteiger partial charge >= 0.3 is 0 Å². The van der Waals surface area contributed by atoms with Gasteiger partial charge in [-0.05, 0) is 18.8 Å². The Morgan fingerprint density at radius 3 is 2.36 bits per heavy atom. The number of aliphatic hydroxyl groups is 2. The van der Waals surface area contributed by atoms with Gasteiger partial charge in [-0.2, -0.15) is 0 Å². The second-order valence-corrected chi connectivity index (χ2v) is 3.20. The van der Waals surface area contributed by atoms with Crippen molar-refractivity contribution in [3.63, 3.8) is 0 Å². The zero-order valence-electron chi connectivity index (χ0n) is 7.58. The molecule has 0 aromatic heterocycles. The van der Waals surface area contributed by atoms with Gasteiger partial charge in [0.2, 0.25) is 0 Å². The third-order valence-corrected chi connectivity index (χ3v) is 2.09. The fraction of sp³-hybridized carbons (Fsp3) is 1.00. The third kappa shape index (κ3) is 5.22. The lowest BCUT2D eigenvalue weighted by atomic mass is 9.97. The highest BCUT2D eigenvalue weighted by Crippen LogP contribution is 2.13. The Kier molecular flexibility index (Phi) is 6.57. The number of hydrogen-bond acceptors (Lipinski definition) is 2. The first-order valence-corrected chi connectivity index (χ1v) is 4.51. The molecule has 0 aromatic rings. The average Bonchev–Trinajstić information content (AvgIpc) is 2.00. The molecule has 2 atom stereocenters. The molecule has 0 aliphatic heterocycles. The van der Waals surface area contributed by atoms with Crippen LogP contribution in [0.1, 0.15) is 39.5 Å². The van der Waals surface area contributed by atoms with E-state index in [0.717, 1.165) is 19.3 Å². The highest BCUT2D eigenvalue weighted by atomic mass is 16.3. The maximum Gasteiger partial charge on any atom is 0.0566 e. The lowest BCUT2D eigenvalue weighted by molar-refractivity contribution is 0.0889. The van der Waals surface area contributed by atoms with Gasteiger partial charge in [0.05, 0.1) is 6.10 Å². The van der Waals surface area contributed by atoms with Gasteiger partial charge in [0.1, 0.15) is 0 Å². The van der Waals surface area contributed by atoms with E-state index in [1.165, 1.54) is 0 Å². The number of hydrogen-bond donors (Lipinski definition) is 2. The van der Waals surface area contributed by atoms with Crippen molar-refractivity contribution < 1.29 is 10.2 Å². The molecule has 0 aliphatic rings. The van der Waals surface area contributed by atoms with Crippen LogP contribution in [0.2, 0.25) is 0 Å². The van der Waals surface area contributed by atoms with E-state index in [-0.39, 0.29) is 18.6 Å². The zero-order chi connectivity index (χ0) is 8.69. The first kappa shape index (κ1) is 10.9. The van der Waals surface area contributed by atoms with Crippen molar-refractivity contribution in [2.24, 2.45) is 5.92 Å². The van der Waals surface area contributed by atoms with E-state index >= 15 is 0 Å². The summed E-state index contributed by atoms with van der Waals surface area (Å²) in [7, 11) is 0. The highest BCUT2D eigenvalue weighted by molar-refractivity contribution is 4.63. The van der Waals surface area contributed by atoms with Crippen molar-refractivity contribution in [3.8, 4) is 0 Å². The van der Waals surface area contributed by atoms with Crippen molar-refractivity contribution in [3.05, 3.63) is 0 Å². The summed E-state index contributed by atoms with van der Waals surface area (Å²) in [6.45, 7) is 4.28. The lowest BCUT2D eigenvalue weighted by Gasteiger charge is -2.16. The van der Waals surface area contributed by atoms with Crippen molar-refractivity contribution in [2.45, 2.75) is 45.6 Å². The van der Waals surface area contributed by atoms with E-state index in [4.69, 9.17) is 5.11 Å². The van der Waals surface area contributed by atoms with E-state index in [1.54, 1.807) is 0 Å². The quantitative estimate of drug-likeness (QED) is 0.619. The maximum atomic E-state index is 9.47. The number of unbranched alkanes of at least 4 members (excludes halogenated alkanes) is 1. The Balaban J connectivity index is 3.38. The largest absolute Gasteiger partial charge is 0.396 e. The predicted octanol–water partition coefficient (Wildman–Crippen LogP) is 1.56. The van der Waals surface area contributed by atoms with Crippen LogP contribution < -0.4 is 0 Å². The Bertz CT molecular complexity index is 83.6. The first-order chi connectivity index (χ1) is 5.22. The van der Waals surface area contributed by atoms with Crippen LogP contribution in [0.15, 0.2) is 0 Å². The van der Waals surface area contributed by atoms with Gasteiger partial charge in [0, 0.05) is 6.61 Å². The topological polar surface area (TPSA) is 40.5 Å². The summed E-state index contributed by atoms with van der Waals surface area (Å²) in [5.74, 6) is 0.242. The summed E-state index contributed by atoms with van der Waals surface area (Å²) < 4.78 is 0. The molecule has 0 aromatic carbocycles. The van der Waals surface area contributed by atoms with Crippen LogP contribution in [0, 0.1) is 5.92 Å². The summed E-state index contributed by atoms with van der Waals surface area (Å²) in [6, 6.07) is 0. The van der Waals surface area contributed by atoms with Gasteiger partial charge in [-0.1, -0.05) is 26.7 Å². The molecule has 0 spiro atoms. The minimum Gasteiger partial charge on any atom is -0.396 e. The first-order valence-electron chi connectivity index (χ1n) is 4.51. The van der Waals surface area contributed by atoms with E-state index in [1.807, 2.05) is 6.92 Å². The van der Waals surface area contributed by atoms with E-state index < -0.39 is 0 Å². The lowest BCUT2D eigenvalue weighted by Crippen LogP contribution is -2.18. The molecule has 11 heavy (non-hydrogen) atoms. The predicted molar refractivity (Wildman–Crippen MR) is 46.4 cm³/mol. The fourth-order valence-corrected chi connectivity index (χ4v) is 1.09. The molecule has 0 amide bonds. The monoisotopic (exact) mass is 160 g/mol. The maximum absolute atomic E-state index is 9.47. The van der Waals surface area contributed by atoms with Crippen LogP contribution in [0.5, 0.6) is 0 Å². The van der Waals surface area contributed by atoms with Crippen LogP contribution >= 0.6 is 0 Å². The minimum absolute atomic E-state index is 0.185. The molecule has 2 nitrogen and oxygen atoms in total. The molecule has 0 heterocycles. The molecule has 0 rings (SSSR count). The van der Waals surface area contributed by atoms with Crippen molar-refractivity contribution in [2.75, 3.05) is 6.61 Å². The summed E-state index contributed by atoms with van der Waals surface area (Å²) in [5, 5.41) is 18.1. The Morgan fingerprint density at radius 1 is 1.27 bits per heavy atom. The van der Waals surface area contributed by atoms with Gasteiger partial charge < -0.3 is 10.2 Å². The van der Waals surface area contributed by atoms with Crippen LogP contribution in [0.4, 0.5) is 0 Å². The van der Waals surface area contributed by atoms with Crippen LogP contribution in [0.3, 0.4) is 0 Å². The molecule has 0 unspecified atom stereocenters. The van der Waals surface area contributed by atoms with Crippen molar-refractivity contribution in [1.29, 1.82) is 0 Å². The van der Waals surface area contributed by atoms with Crippen LogP contribution in [-0.4, -0.2) is 22.9 Å². The highest BCUT2D eigenvalue weighted by Gasteiger charge is 2.11. The van der Waals surface area contributed by atoms with Gasteiger partial charge in [0.15, 0.2) is 0 Å². The molecule has 0 saturated heterocycles. The minimum atomic E-state index is -0.220. The Morgan fingerprint density at radius 2 is 1.91 bits per heavy atom. The molecule has 0 aliphatic carbocycles. The number of rotatable bonds is 6. The summed E-state index contributed by atoms with van der Waals surface area (Å²) in [5.41, 5.74) is 0. The molecular formula is C9H20O2. The van der Waals surface area contributed by atoms with Crippen molar-refractivity contribution in [1.82, 2.24) is 0 Å². The van der Waals surface area contributed by atoms with Gasteiger partial charge in [-0.3, -0.25) is 0 Å². The van der Waals surface area contributed by atoms with Crippen molar-refractivity contribution >= 4 is 0 Å². The average molecular weight is 160 g/mol. The normalized spacial score (nSPS) is 16.4. The molecule has 0 saturated carbocycles. The molecule has 0 fully saturated rings. The molecule has 68 valence electrons. The summed E-state index contributed by atoms with van der Waals surface area (Å²) in [6.07, 6.45) is 3.57. The fourth-order valence-electron chi connectivity index (χ4n) is 1.09. The molecule has 2 heteroatoms. The summed E-state index contributed by atoms with van der Waals surface area (Å²) >= 11 is 0. The molecular weight excluding hydrogens is 140 g/mol. The number of aliphatic hydroxyl groups excluding tert-OH is 2. The zero-order valence-corrected chi connectivity index (χ0v) is 7.58. The van der Waals surface area contributed by atoms with Gasteiger partial charge in [-0.25, -0.2) is 0 Å². The Hall–Kier alpha value is -0.0800. The smallest absolute Gasteiger partial charge is 0.0566 e. The SMILES string of the molecule is CCCC[C@H](O)[C@@H](C)CCO. The van der Waals surface area contributed by atoms with Crippen LogP contribution in [-0.2, 0) is 0 Å². The molecule has 0 radical (unpaired) electrons. The second kappa shape index (κ2) is 6.62. The second-order valence-electron chi connectivity index (χ2n) is 3.20. The molecule has 0 bridgehead atoms. The van der Waals surface area contributed by atoms with Gasteiger partial charge in [0.25, 0.3) is 0 Å². The van der Waals surface area contributed by atoms with E-state index in [2.05, 4.69) is 6.92 Å². The third-order valence-electron chi connectivity index (χ3n) is 2.09. The van der Waals surface area contributed by atoms with Crippen LogP contribution in [0.25, 0.3) is 0 Å².